The van der Waals surface area contributed by atoms with Gasteiger partial charge in [0.25, 0.3) is 0 Å². The highest BCUT2D eigenvalue weighted by molar-refractivity contribution is 5.77. The molecule has 1 N–H and O–H groups in total. The average molecular weight is 196 g/mol. The predicted octanol–water partition coefficient (Wildman–Crippen LogP) is 1.90. The van der Waals surface area contributed by atoms with Gasteiger partial charge in [0.2, 0.25) is 0 Å². The Bertz CT molecular complexity index is 173. The molecular weight excluding hydrogens is 176 g/mol. The van der Waals surface area contributed by atoms with Gasteiger partial charge in [-0.15, -0.1) is 0 Å². The molecule has 3 nitrogen and oxygen atoms in total. The third-order valence-corrected chi connectivity index (χ3v) is 0.992. The van der Waals surface area contributed by atoms with Gasteiger partial charge in [-0.25, -0.2) is 0 Å². The minimum Gasteiger partial charge on any atom is -0.313 e. The molecular formula is C11H20N2O. The van der Waals surface area contributed by atoms with E-state index in [4.69, 9.17) is 0 Å². The fourth-order valence-electron chi connectivity index (χ4n) is 0.562. The average Bonchev–Trinajstić information content (AvgIpc) is 2.24. The van der Waals surface area contributed by atoms with E-state index in [9.17, 15) is 4.79 Å². The van der Waals surface area contributed by atoms with Gasteiger partial charge in [-0.1, -0.05) is 19.9 Å². The van der Waals surface area contributed by atoms with E-state index in [0.717, 1.165) is 0 Å². The molecule has 0 aliphatic rings. The van der Waals surface area contributed by atoms with Crippen LogP contribution in [0.1, 0.15) is 20.8 Å². The third kappa shape index (κ3) is 17.0. The van der Waals surface area contributed by atoms with Crippen molar-refractivity contribution in [2.75, 3.05) is 13.6 Å². The van der Waals surface area contributed by atoms with Crippen LogP contribution >= 0.6 is 0 Å². The van der Waals surface area contributed by atoms with Crippen molar-refractivity contribution in [3.63, 3.8) is 0 Å². The smallest absolute Gasteiger partial charge is 0.143 e. The Hall–Kier alpha value is -1.22. The summed E-state index contributed by atoms with van der Waals surface area (Å²) < 4.78 is 0. The van der Waals surface area contributed by atoms with Crippen LogP contribution in [0.25, 0.3) is 0 Å². The van der Waals surface area contributed by atoms with Gasteiger partial charge in [0.15, 0.2) is 0 Å². The quantitative estimate of drug-likeness (QED) is 0.785. The van der Waals surface area contributed by atoms with Crippen LogP contribution < -0.4 is 5.32 Å². The molecule has 1 aromatic heterocycles. The molecule has 0 saturated carbocycles. The van der Waals surface area contributed by atoms with Crippen molar-refractivity contribution >= 4 is 5.78 Å². The lowest BCUT2D eigenvalue weighted by atomic mass is 10.5. The van der Waals surface area contributed by atoms with Crippen molar-refractivity contribution in [1.82, 2.24) is 10.3 Å². The number of hydrogen-bond acceptors (Lipinski definition) is 3. The van der Waals surface area contributed by atoms with E-state index in [2.05, 4.69) is 10.3 Å². The number of carbonyl (C=O) groups is 1. The highest BCUT2D eigenvalue weighted by atomic mass is 16.1. The molecule has 0 amide bonds. The summed E-state index contributed by atoms with van der Waals surface area (Å²) in [5, 5.41) is 2.72. The fourth-order valence-corrected chi connectivity index (χ4v) is 0.562. The number of aromatic nitrogens is 1. The van der Waals surface area contributed by atoms with Crippen LogP contribution in [-0.4, -0.2) is 24.4 Å². The van der Waals surface area contributed by atoms with Gasteiger partial charge in [-0.2, -0.15) is 0 Å². The first kappa shape index (κ1) is 15.3. The van der Waals surface area contributed by atoms with Crippen molar-refractivity contribution in [2.24, 2.45) is 0 Å². The number of nitrogens with zero attached hydrogens (tertiary/aromatic N) is 1. The number of pyridine rings is 1. The van der Waals surface area contributed by atoms with Crippen molar-refractivity contribution in [2.45, 2.75) is 20.8 Å². The van der Waals surface area contributed by atoms with E-state index in [-0.39, 0.29) is 5.78 Å². The largest absolute Gasteiger partial charge is 0.313 e. The molecule has 0 aromatic carbocycles. The Balaban J connectivity index is 0. The van der Waals surface area contributed by atoms with Gasteiger partial charge in [-0.3, -0.25) is 9.78 Å². The number of rotatable bonds is 2. The fraction of sp³-hybridized carbons (Fsp3) is 0.455. The molecule has 0 saturated heterocycles. The first-order chi connectivity index (χ1) is 6.77. The molecule has 0 aliphatic carbocycles. The minimum atomic E-state index is 0.178. The summed E-state index contributed by atoms with van der Waals surface area (Å²) in [5.41, 5.74) is 0. The number of likely N-dealkylation sites (N-methyl/N-ethyl adjacent to an activating group) is 1. The Kier molecular flexibility index (Phi) is 15.6. The molecule has 1 rings (SSSR count). The third-order valence-electron chi connectivity index (χ3n) is 0.992. The van der Waals surface area contributed by atoms with Gasteiger partial charge in [0, 0.05) is 12.4 Å². The van der Waals surface area contributed by atoms with Crippen molar-refractivity contribution in [3.8, 4) is 0 Å². The molecule has 0 bridgehead atoms. The van der Waals surface area contributed by atoms with Crippen LogP contribution in [-0.2, 0) is 4.79 Å². The molecule has 1 heterocycles. The van der Waals surface area contributed by atoms with E-state index < -0.39 is 0 Å². The standard InChI is InChI=1S/C5H5N.C4H9NO.C2H6/c1-2-4-6-5-3-1;1-4(6)3-5-2;1-2/h1-5H;5H,3H2,1-2H3;1-2H3. The molecule has 14 heavy (non-hydrogen) atoms. The molecule has 0 radical (unpaired) electrons. The summed E-state index contributed by atoms with van der Waals surface area (Å²) in [6.07, 6.45) is 3.50. The van der Waals surface area contributed by atoms with Crippen LogP contribution in [0.3, 0.4) is 0 Å². The zero-order valence-corrected chi connectivity index (χ0v) is 9.45. The second-order valence-electron chi connectivity index (χ2n) is 2.26. The normalized spacial score (nSPS) is 7.43. The molecule has 0 fully saturated rings. The topological polar surface area (TPSA) is 42.0 Å². The molecule has 3 heteroatoms. The number of ketones is 1. The lowest BCUT2D eigenvalue weighted by Crippen LogP contribution is -2.14. The second-order valence-corrected chi connectivity index (χ2v) is 2.26. The maximum absolute atomic E-state index is 9.98. The number of nitrogens with one attached hydrogen (secondary N) is 1. The van der Waals surface area contributed by atoms with E-state index in [1.807, 2.05) is 32.0 Å². The van der Waals surface area contributed by atoms with E-state index in [0.29, 0.717) is 6.54 Å². The Labute approximate surface area is 86.6 Å². The zero-order valence-electron chi connectivity index (χ0n) is 9.45. The van der Waals surface area contributed by atoms with E-state index >= 15 is 0 Å². The number of hydrogen-bond donors (Lipinski definition) is 1. The van der Waals surface area contributed by atoms with E-state index in [1.54, 1.807) is 26.4 Å². The van der Waals surface area contributed by atoms with Crippen LogP contribution in [0.15, 0.2) is 30.6 Å². The summed E-state index contributed by atoms with van der Waals surface area (Å²) in [6, 6.07) is 5.72. The summed E-state index contributed by atoms with van der Waals surface area (Å²) >= 11 is 0. The molecule has 0 unspecified atom stereocenters. The maximum atomic E-state index is 9.98. The van der Waals surface area contributed by atoms with Crippen molar-refractivity contribution < 1.29 is 4.79 Å². The van der Waals surface area contributed by atoms with Gasteiger partial charge in [-0.05, 0) is 26.1 Å². The highest BCUT2D eigenvalue weighted by Gasteiger charge is 1.82. The van der Waals surface area contributed by atoms with Crippen molar-refractivity contribution in [1.29, 1.82) is 0 Å². The van der Waals surface area contributed by atoms with Gasteiger partial charge < -0.3 is 5.32 Å². The first-order valence-corrected chi connectivity index (χ1v) is 4.76. The molecule has 0 spiro atoms. The Morgan fingerprint density at radius 1 is 1.21 bits per heavy atom. The van der Waals surface area contributed by atoms with Crippen molar-refractivity contribution in [3.05, 3.63) is 30.6 Å². The molecule has 80 valence electrons. The van der Waals surface area contributed by atoms with Crippen LogP contribution in [0.2, 0.25) is 0 Å². The number of carbonyl (C=O) groups excluding carboxylic acids is 1. The van der Waals surface area contributed by atoms with Gasteiger partial charge in [0.05, 0.1) is 6.54 Å². The lowest BCUT2D eigenvalue weighted by molar-refractivity contribution is -0.116. The predicted molar refractivity (Wildman–Crippen MR) is 60.2 cm³/mol. The minimum absolute atomic E-state index is 0.178. The summed E-state index contributed by atoms with van der Waals surface area (Å²) in [6.45, 7) is 6.04. The summed E-state index contributed by atoms with van der Waals surface area (Å²) in [5.74, 6) is 0.178. The Morgan fingerprint density at radius 2 is 1.71 bits per heavy atom. The van der Waals surface area contributed by atoms with Crippen LogP contribution in [0.5, 0.6) is 0 Å². The monoisotopic (exact) mass is 196 g/mol. The summed E-state index contributed by atoms with van der Waals surface area (Å²) in [4.78, 5) is 13.8. The van der Waals surface area contributed by atoms with Crippen LogP contribution in [0.4, 0.5) is 0 Å². The molecule has 1 aromatic rings. The number of Topliss-reactive ketones (excluding diaryl/α,β-unsaturated/α-hetero) is 1. The van der Waals surface area contributed by atoms with Crippen LogP contribution in [0, 0.1) is 0 Å². The van der Waals surface area contributed by atoms with E-state index in [1.165, 1.54) is 0 Å². The summed E-state index contributed by atoms with van der Waals surface area (Å²) in [7, 11) is 1.75. The maximum Gasteiger partial charge on any atom is 0.143 e. The molecule has 0 aliphatic heterocycles. The van der Waals surface area contributed by atoms with Gasteiger partial charge in [0.1, 0.15) is 5.78 Å². The Morgan fingerprint density at radius 3 is 1.79 bits per heavy atom. The lowest BCUT2D eigenvalue weighted by Gasteiger charge is -1.85. The SMILES string of the molecule is CC.CNCC(C)=O.c1ccncc1. The second kappa shape index (κ2) is 14.3. The van der Waals surface area contributed by atoms with Gasteiger partial charge >= 0.3 is 0 Å². The highest BCUT2D eigenvalue weighted by Crippen LogP contribution is 1.73. The molecule has 0 atom stereocenters. The zero-order chi connectivity index (χ0) is 11.2. The first-order valence-electron chi connectivity index (χ1n) is 4.76.